The van der Waals surface area contributed by atoms with Crippen LogP contribution in [0.15, 0.2) is 164 Å². The van der Waals surface area contributed by atoms with Gasteiger partial charge >= 0.3 is 30.8 Å². The Hall–Kier alpha value is -8.44. The maximum atomic E-state index is 11.4. The van der Waals surface area contributed by atoms with E-state index in [2.05, 4.69) is 12.1 Å². The number of nitriles is 2. The first-order valence-corrected chi connectivity index (χ1v) is 18.7. The van der Waals surface area contributed by atoms with Crippen LogP contribution in [-0.4, -0.2) is 53.0 Å². The molecule has 0 aliphatic rings. The summed E-state index contributed by atoms with van der Waals surface area (Å²) >= 11 is 0. The molecule has 3 heterocycles. The summed E-state index contributed by atoms with van der Waals surface area (Å²) in [5.41, 5.74) is 13.8. The molecule has 0 bridgehead atoms. The maximum absolute atomic E-state index is 11.4. The van der Waals surface area contributed by atoms with Crippen LogP contribution in [0.1, 0.15) is 59.5 Å². The minimum Gasteiger partial charge on any atom is -0.870 e. The standard InChI is InChI=1S/C17H12N2O.C16H12N2O3.C16H10N2O2.Li.H2O/c1-12(20)14-4-7-17-15(10-14)8-9-19(17)16-5-2-13(11-18)3-6-16;17-15(19)10-1-4-13(5-2-10)18-8-7-11-9-12(16(20)21)3-6-14(11)18;17-10-11-1-4-14(5-2-11)18-8-7-12-9-13(16(19)20)3-6-15(12)18;;/h2-10H,1H3;1-9H,(H2,17,19)(H,20,21);1-9H,(H,19,20);;1H2/q;;;+1;/p-1. The summed E-state index contributed by atoms with van der Waals surface area (Å²) in [5.74, 6) is -2.28. The number of carboxylic acid groups (broad SMARTS) is 2. The van der Waals surface area contributed by atoms with Crippen LogP contribution in [0.3, 0.4) is 0 Å². The predicted molar refractivity (Wildman–Crippen MR) is 234 cm³/mol. The van der Waals surface area contributed by atoms with Crippen molar-refractivity contribution >= 4 is 56.3 Å². The van der Waals surface area contributed by atoms with Crippen LogP contribution in [0, 0.1) is 22.7 Å². The number of ketones is 1. The number of carbonyl (C=O) groups excluding carboxylic acids is 2. The minimum absolute atomic E-state index is 0. The van der Waals surface area contributed by atoms with Gasteiger partial charge in [-0.15, -0.1) is 0 Å². The van der Waals surface area contributed by atoms with Crippen LogP contribution in [0.4, 0.5) is 0 Å². The van der Waals surface area contributed by atoms with Gasteiger partial charge in [0.15, 0.2) is 5.78 Å². The van der Waals surface area contributed by atoms with Crippen molar-refractivity contribution in [2.75, 3.05) is 0 Å². The molecule has 5 N–H and O–H groups in total. The van der Waals surface area contributed by atoms with E-state index in [0.29, 0.717) is 16.7 Å². The number of amides is 1. The zero-order chi connectivity index (χ0) is 43.2. The van der Waals surface area contributed by atoms with Crippen molar-refractivity contribution in [1.82, 2.24) is 13.7 Å². The van der Waals surface area contributed by atoms with Crippen molar-refractivity contribution in [3.05, 3.63) is 198 Å². The molecule has 0 saturated carbocycles. The number of nitrogens with zero attached hydrogens (tertiary/aromatic N) is 5. The van der Waals surface area contributed by atoms with Gasteiger partial charge in [0.1, 0.15) is 0 Å². The van der Waals surface area contributed by atoms with Crippen molar-refractivity contribution in [2.24, 2.45) is 5.73 Å². The van der Waals surface area contributed by atoms with E-state index in [4.69, 9.17) is 26.5 Å². The molecule has 6 aromatic carbocycles. The number of benzene rings is 6. The second-order valence-corrected chi connectivity index (χ2v) is 13.8. The zero-order valence-corrected chi connectivity index (χ0v) is 33.9. The number of aromatic carboxylic acids is 2. The first-order chi connectivity index (χ1) is 29.4. The minimum atomic E-state index is -0.949. The Morgan fingerprint density at radius 1 is 0.476 bits per heavy atom. The molecule has 0 saturated heterocycles. The van der Waals surface area contributed by atoms with E-state index in [1.165, 1.54) is 0 Å². The van der Waals surface area contributed by atoms with Gasteiger partial charge in [-0.05, 0) is 153 Å². The third-order valence-corrected chi connectivity index (χ3v) is 9.95. The Morgan fingerprint density at radius 2 is 0.778 bits per heavy atom. The SMILES string of the molecule is CC(=O)c1ccc2c(ccn2-c2ccc(C#N)cc2)c1.N#Cc1ccc(-n2ccc3cc(C(=O)O)ccc32)cc1.NC(=O)c1ccc(-n2ccc3cc(C(=O)O)ccc32)cc1.[Li+].[OH-]. The monoisotopic (exact) mass is 826 g/mol. The molecular formula is C49H35LiN6O7. The van der Waals surface area contributed by atoms with Crippen molar-refractivity contribution in [2.45, 2.75) is 6.92 Å². The number of carbonyl (C=O) groups is 4. The molecule has 14 heteroatoms. The second kappa shape index (κ2) is 19.7. The molecule has 9 aromatic rings. The fraction of sp³-hybridized carbons (Fsp3) is 0.0204. The third-order valence-electron chi connectivity index (χ3n) is 9.95. The van der Waals surface area contributed by atoms with Crippen LogP contribution in [0.2, 0.25) is 0 Å². The van der Waals surface area contributed by atoms with Crippen molar-refractivity contribution in [3.8, 4) is 29.2 Å². The molecule has 0 aliphatic heterocycles. The Balaban J connectivity index is 0.000000175. The smallest absolute Gasteiger partial charge is 0.870 e. The molecule has 3 aromatic heterocycles. The molecular weight excluding hydrogens is 792 g/mol. The number of nitrogens with two attached hydrogens (primary N) is 1. The van der Waals surface area contributed by atoms with Crippen molar-refractivity contribution in [3.63, 3.8) is 0 Å². The first-order valence-electron chi connectivity index (χ1n) is 18.7. The van der Waals surface area contributed by atoms with Crippen LogP contribution in [0.25, 0.3) is 49.8 Å². The second-order valence-electron chi connectivity index (χ2n) is 13.8. The number of hydrogen-bond acceptors (Lipinski definition) is 7. The molecule has 13 nitrogen and oxygen atoms in total. The van der Waals surface area contributed by atoms with E-state index in [9.17, 15) is 19.2 Å². The molecule has 0 radical (unpaired) electrons. The van der Waals surface area contributed by atoms with Crippen molar-refractivity contribution in [1.29, 1.82) is 10.5 Å². The Bertz CT molecular complexity index is 3080. The summed E-state index contributed by atoms with van der Waals surface area (Å²) in [6.07, 6.45) is 5.71. The van der Waals surface area contributed by atoms with Gasteiger partial charge in [0, 0.05) is 62.9 Å². The van der Waals surface area contributed by atoms with Gasteiger partial charge in [-0.2, -0.15) is 10.5 Å². The molecule has 0 fully saturated rings. The number of aromatic nitrogens is 3. The van der Waals surface area contributed by atoms with Gasteiger partial charge < -0.3 is 35.1 Å². The summed E-state index contributed by atoms with van der Waals surface area (Å²) in [5, 5.41) is 38.4. The van der Waals surface area contributed by atoms with E-state index in [1.807, 2.05) is 93.0 Å². The fourth-order valence-electron chi connectivity index (χ4n) is 6.77. The van der Waals surface area contributed by atoms with Gasteiger partial charge in [-0.3, -0.25) is 9.59 Å². The Kier molecular flexibility index (Phi) is 14.3. The maximum Gasteiger partial charge on any atom is 1.00 e. The number of Topliss-reactive ketones (excluding diaryl/α,β-unsaturated/α-hetero) is 1. The number of carboxylic acids is 2. The van der Waals surface area contributed by atoms with Gasteiger partial charge in [-0.25, -0.2) is 9.59 Å². The van der Waals surface area contributed by atoms with Crippen LogP contribution < -0.4 is 24.6 Å². The number of hydrogen-bond donors (Lipinski definition) is 3. The summed E-state index contributed by atoms with van der Waals surface area (Å²) in [7, 11) is 0. The summed E-state index contributed by atoms with van der Waals surface area (Å²) in [6.45, 7) is 1.57. The third kappa shape index (κ3) is 9.96. The molecule has 63 heavy (non-hydrogen) atoms. The molecule has 9 rings (SSSR count). The quantitative estimate of drug-likeness (QED) is 0.123. The average Bonchev–Trinajstić information content (AvgIpc) is 4.03. The molecule has 0 spiro atoms. The van der Waals surface area contributed by atoms with Gasteiger partial charge in [0.05, 0.1) is 50.9 Å². The van der Waals surface area contributed by atoms with Crippen LogP contribution >= 0.6 is 0 Å². The molecule has 0 atom stereocenters. The Labute approximate surface area is 372 Å². The van der Waals surface area contributed by atoms with Crippen molar-refractivity contribution < 1.29 is 53.7 Å². The summed E-state index contributed by atoms with van der Waals surface area (Å²) in [4.78, 5) is 44.4. The summed E-state index contributed by atoms with van der Waals surface area (Å²) in [6, 6.07) is 47.2. The zero-order valence-electron chi connectivity index (χ0n) is 33.9. The molecule has 304 valence electrons. The first kappa shape index (κ1) is 45.6. The van der Waals surface area contributed by atoms with E-state index in [0.717, 1.165) is 55.3 Å². The average molecular weight is 827 g/mol. The van der Waals surface area contributed by atoms with Crippen LogP contribution in [-0.2, 0) is 0 Å². The van der Waals surface area contributed by atoms with E-state index >= 15 is 0 Å². The number of primary amides is 1. The fourth-order valence-corrected chi connectivity index (χ4v) is 6.77. The molecule has 0 aliphatic carbocycles. The Morgan fingerprint density at radius 3 is 1.08 bits per heavy atom. The van der Waals surface area contributed by atoms with Gasteiger partial charge in [0.2, 0.25) is 5.91 Å². The largest absolute Gasteiger partial charge is 1.00 e. The summed E-state index contributed by atoms with van der Waals surface area (Å²) < 4.78 is 5.92. The van der Waals surface area contributed by atoms with Crippen LogP contribution in [0.5, 0.6) is 0 Å². The van der Waals surface area contributed by atoms with Gasteiger partial charge in [0.25, 0.3) is 0 Å². The topological polar surface area (TPSA) is 227 Å². The predicted octanol–water partition coefficient (Wildman–Crippen LogP) is 6.16. The molecule has 0 unspecified atom stereocenters. The molecule has 1 amide bonds. The van der Waals surface area contributed by atoms with E-state index in [1.54, 1.807) is 91.9 Å². The van der Waals surface area contributed by atoms with Gasteiger partial charge in [-0.1, -0.05) is 0 Å². The van der Waals surface area contributed by atoms with E-state index < -0.39 is 17.8 Å². The normalized spacial score (nSPS) is 10.1. The van der Waals surface area contributed by atoms with E-state index in [-0.39, 0.29) is 41.2 Å². The number of fused-ring (bicyclic) bond motifs is 3. The number of rotatable bonds is 7.